The fourth-order valence-corrected chi connectivity index (χ4v) is 6.20. The summed E-state index contributed by atoms with van der Waals surface area (Å²) in [7, 11) is 0. The Morgan fingerprint density at radius 3 is 2.86 bits per heavy atom. The van der Waals surface area contributed by atoms with Gasteiger partial charge in [0.15, 0.2) is 0 Å². The lowest BCUT2D eigenvalue weighted by Crippen LogP contribution is -2.68. The van der Waals surface area contributed by atoms with Crippen LogP contribution in [0.5, 0.6) is 0 Å². The van der Waals surface area contributed by atoms with Crippen LogP contribution in [0.15, 0.2) is 0 Å². The summed E-state index contributed by atoms with van der Waals surface area (Å²) in [5, 5.41) is 3.75. The van der Waals surface area contributed by atoms with Crippen molar-refractivity contribution >= 4 is 17.2 Å². The van der Waals surface area contributed by atoms with Crippen molar-refractivity contribution in [1.29, 1.82) is 0 Å². The number of hydrogen-bond acceptors (Lipinski definition) is 3. The van der Waals surface area contributed by atoms with Crippen molar-refractivity contribution < 1.29 is 0 Å². The lowest BCUT2D eigenvalue weighted by Gasteiger charge is -2.60. The molecular weight excluding hydrogens is 290 g/mol. The molecule has 124 valence electrons. The topological polar surface area (TPSA) is 18.5 Å². The highest BCUT2D eigenvalue weighted by atomic mass is 32.1. The molecule has 0 amide bonds. The molecule has 0 aliphatic carbocycles. The molecule has 4 aliphatic heterocycles. The second-order valence-corrected chi connectivity index (χ2v) is 8.41. The first-order chi connectivity index (χ1) is 10.8. The Hall–Kier alpha value is -0.190. The Bertz CT molecular complexity index is 425. The maximum Gasteiger partial charge on any atom is 0.0797 e. The van der Waals surface area contributed by atoms with Gasteiger partial charge in [-0.05, 0) is 70.0 Å². The lowest BCUT2D eigenvalue weighted by atomic mass is 9.67. The van der Waals surface area contributed by atoms with Crippen LogP contribution < -0.4 is 5.32 Å². The number of nitrogens with one attached hydrogen (secondary N) is 1. The second kappa shape index (κ2) is 6.37. The largest absolute Gasteiger partial charge is 0.362 e. The SMILES string of the molecule is CCCNC1CC(=S)N2CC3CCCN4CCCC(C34)[C@H]2C1. The van der Waals surface area contributed by atoms with Crippen molar-refractivity contribution in [2.24, 2.45) is 11.8 Å². The Morgan fingerprint density at radius 2 is 2.05 bits per heavy atom. The fourth-order valence-electron chi connectivity index (χ4n) is 5.79. The maximum absolute atomic E-state index is 5.85. The van der Waals surface area contributed by atoms with Crippen molar-refractivity contribution in [2.75, 3.05) is 26.2 Å². The summed E-state index contributed by atoms with van der Waals surface area (Å²) in [6.07, 6.45) is 9.31. The first-order valence-electron chi connectivity index (χ1n) is 9.55. The Labute approximate surface area is 140 Å². The van der Waals surface area contributed by atoms with Gasteiger partial charge in [0.05, 0.1) is 4.99 Å². The minimum atomic E-state index is 0.629. The van der Waals surface area contributed by atoms with Crippen LogP contribution in [-0.2, 0) is 0 Å². The number of fused-ring (bicyclic) bond motifs is 2. The predicted molar refractivity (Wildman–Crippen MR) is 95.2 cm³/mol. The highest BCUT2D eigenvalue weighted by Crippen LogP contribution is 2.44. The van der Waals surface area contributed by atoms with E-state index in [1.165, 1.54) is 63.1 Å². The molecule has 4 saturated heterocycles. The average molecular weight is 322 g/mol. The molecule has 4 aliphatic rings. The van der Waals surface area contributed by atoms with Crippen LogP contribution in [0, 0.1) is 11.8 Å². The van der Waals surface area contributed by atoms with E-state index in [0.29, 0.717) is 6.04 Å². The van der Waals surface area contributed by atoms with Gasteiger partial charge in [0, 0.05) is 31.1 Å². The van der Waals surface area contributed by atoms with Crippen molar-refractivity contribution in [3.8, 4) is 0 Å². The third-order valence-corrected chi connectivity index (χ3v) is 7.02. The van der Waals surface area contributed by atoms with E-state index in [9.17, 15) is 0 Å². The zero-order valence-corrected chi connectivity index (χ0v) is 14.8. The summed E-state index contributed by atoms with van der Waals surface area (Å²) < 4.78 is 0. The first kappa shape index (κ1) is 15.3. The normalized spacial score (nSPS) is 42.0. The van der Waals surface area contributed by atoms with E-state index in [1.807, 2.05) is 0 Å². The molecule has 4 fully saturated rings. The molecular formula is C18H31N3S. The minimum absolute atomic E-state index is 0.629. The minimum Gasteiger partial charge on any atom is -0.362 e. The van der Waals surface area contributed by atoms with Crippen LogP contribution in [-0.4, -0.2) is 59.1 Å². The van der Waals surface area contributed by atoms with E-state index >= 15 is 0 Å². The van der Waals surface area contributed by atoms with Gasteiger partial charge < -0.3 is 10.2 Å². The molecule has 0 spiro atoms. The van der Waals surface area contributed by atoms with Crippen LogP contribution in [0.3, 0.4) is 0 Å². The Kier molecular flexibility index (Phi) is 4.44. The molecule has 0 radical (unpaired) electrons. The number of rotatable bonds is 3. The van der Waals surface area contributed by atoms with Crippen LogP contribution in [0.1, 0.15) is 51.9 Å². The molecule has 4 rings (SSSR count). The summed E-state index contributed by atoms with van der Waals surface area (Å²) in [4.78, 5) is 6.76. The molecule has 4 heteroatoms. The van der Waals surface area contributed by atoms with Gasteiger partial charge in [0.25, 0.3) is 0 Å². The average Bonchev–Trinajstić information content (AvgIpc) is 2.54. The molecule has 0 aromatic carbocycles. The molecule has 0 aromatic rings. The fraction of sp³-hybridized carbons (Fsp3) is 0.944. The van der Waals surface area contributed by atoms with Crippen LogP contribution in [0.4, 0.5) is 0 Å². The predicted octanol–water partition coefficient (Wildman–Crippen LogP) is 2.65. The first-order valence-corrected chi connectivity index (χ1v) is 9.95. The van der Waals surface area contributed by atoms with Crippen LogP contribution in [0.25, 0.3) is 0 Å². The molecule has 0 aromatic heterocycles. The van der Waals surface area contributed by atoms with E-state index in [2.05, 4.69) is 22.0 Å². The molecule has 1 N–H and O–H groups in total. The molecule has 4 heterocycles. The van der Waals surface area contributed by atoms with Crippen LogP contribution >= 0.6 is 12.2 Å². The van der Waals surface area contributed by atoms with E-state index < -0.39 is 0 Å². The smallest absolute Gasteiger partial charge is 0.0797 e. The van der Waals surface area contributed by atoms with Gasteiger partial charge in [-0.25, -0.2) is 0 Å². The third kappa shape index (κ3) is 2.61. The van der Waals surface area contributed by atoms with Gasteiger partial charge in [-0.1, -0.05) is 19.1 Å². The maximum atomic E-state index is 5.85. The van der Waals surface area contributed by atoms with Crippen molar-refractivity contribution in [3.05, 3.63) is 0 Å². The number of hydrogen-bond donors (Lipinski definition) is 1. The van der Waals surface area contributed by atoms with Gasteiger partial charge >= 0.3 is 0 Å². The van der Waals surface area contributed by atoms with Crippen molar-refractivity contribution in [1.82, 2.24) is 15.1 Å². The lowest BCUT2D eigenvalue weighted by molar-refractivity contribution is -0.0619. The highest BCUT2D eigenvalue weighted by molar-refractivity contribution is 7.80. The molecule has 5 atom stereocenters. The Morgan fingerprint density at radius 1 is 1.23 bits per heavy atom. The van der Waals surface area contributed by atoms with Crippen LogP contribution in [0.2, 0.25) is 0 Å². The van der Waals surface area contributed by atoms with E-state index in [0.717, 1.165) is 36.9 Å². The monoisotopic (exact) mass is 321 g/mol. The van der Waals surface area contributed by atoms with Crippen molar-refractivity contribution in [2.45, 2.75) is 70.0 Å². The second-order valence-electron chi connectivity index (χ2n) is 7.94. The van der Waals surface area contributed by atoms with Crippen molar-refractivity contribution in [3.63, 3.8) is 0 Å². The number of piperidine rings is 4. The third-order valence-electron chi connectivity index (χ3n) is 6.62. The molecule has 0 bridgehead atoms. The quantitative estimate of drug-likeness (QED) is 0.805. The summed E-state index contributed by atoms with van der Waals surface area (Å²) in [6, 6.07) is 2.22. The van der Waals surface area contributed by atoms with E-state index in [1.54, 1.807) is 0 Å². The molecule has 4 unspecified atom stereocenters. The summed E-state index contributed by atoms with van der Waals surface area (Å²) in [5.41, 5.74) is 0. The molecule has 22 heavy (non-hydrogen) atoms. The molecule has 3 nitrogen and oxygen atoms in total. The zero-order chi connectivity index (χ0) is 15.1. The summed E-state index contributed by atoms with van der Waals surface area (Å²) in [5.74, 6) is 1.75. The highest BCUT2D eigenvalue weighted by Gasteiger charge is 2.50. The summed E-state index contributed by atoms with van der Waals surface area (Å²) in [6.45, 7) is 7.36. The van der Waals surface area contributed by atoms with Gasteiger partial charge in [-0.3, -0.25) is 4.90 Å². The van der Waals surface area contributed by atoms with Gasteiger partial charge in [-0.15, -0.1) is 0 Å². The zero-order valence-electron chi connectivity index (χ0n) is 14.0. The van der Waals surface area contributed by atoms with E-state index in [4.69, 9.17) is 12.2 Å². The van der Waals surface area contributed by atoms with Gasteiger partial charge in [0.2, 0.25) is 0 Å². The Balaban J connectivity index is 1.54. The number of nitrogens with zero attached hydrogens (tertiary/aromatic N) is 2. The van der Waals surface area contributed by atoms with Gasteiger partial charge in [-0.2, -0.15) is 0 Å². The van der Waals surface area contributed by atoms with Gasteiger partial charge in [0.1, 0.15) is 0 Å². The number of thiocarbonyl (C=S) groups is 1. The van der Waals surface area contributed by atoms with E-state index in [-0.39, 0.29) is 0 Å². The standard InChI is InChI=1S/C18H31N3S/c1-2-7-19-14-10-16-15-6-4-9-20-8-3-5-13(18(15)20)12-21(16)17(22)11-14/h13-16,18-19H,2-12H2,1H3/t13?,14?,15?,16-,18?/m1/s1. The summed E-state index contributed by atoms with van der Waals surface area (Å²) >= 11 is 5.85. The molecule has 0 saturated carbocycles.